The molecule has 0 N–H and O–H groups in total. The number of hydrogen-bond donors (Lipinski definition) is 0. The van der Waals surface area contributed by atoms with Gasteiger partial charge in [-0.3, -0.25) is 0 Å². The summed E-state index contributed by atoms with van der Waals surface area (Å²) < 4.78 is 5.91. The zero-order chi connectivity index (χ0) is 29.9. The minimum absolute atomic E-state index is 0.705. The molecule has 9 aromatic rings. The van der Waals surface area contributed by atoms with E-state index in [-0.39, 0.29) is 0 Å². The lowest BCUT2D eigenvalue weighted by Gasteiger charge is -2.13. The van der Waals surface area contributed by atoms with Crippen LogP contribution >= 0.6 is 27.3 Å². The standard InChI is InChI=1S/C40H24BrN3S/c41-28-20-27(21-29(23-28)44-36-15-7-4-12-30(36)31-13-5-8-16-37(31)44)35-24-34(42-40(43-35)25-10-2-1-3-11-25)26-18-19-39-33(22-26)32-14-6-9-17-38(32)45-39/h1-24H. The summed E-state index contributed by atoms with van der Waals surface area (Å²) in [6.07, 6.45) is 0. The van der Waals surface area contributed by atoms with Gasteiger partial charge in [0.1, 0.15) is 0 Å². The Hall–Kier alpha value is -5.10. The van der Waals surface area contributed by atoms with Crippen molar-refractivity contribution in [3.05, 3.63) is 150 Å². The predicted octanol–water partition coefficient (Wildman–Crippen LogP) is 11.7. The van der Waals surface area contributed by atoms with E-state index in [1.807, 2.05) is 29.5 Å². The number of hydrogen-bond acceptors (Lipinski definition) is 3. The maximum atomic E-state index is 5.15. The van der Waals surface area contributed by atoms with Crippen molar-refractivity contribution in [2.45, 2.75) is 0 Å². The van der Waals surface area contributed by atoms with E-state index in [1.165, 1.54) is 42.0 Å². The van der Waals surface area contributed by atoms with Crippen molar-refractivity contribution in [2.24, 2.45) is 0 Å². The molecule has 3 aromatic heterocycles. The van der Waals surface area contributed by atoms with Crippen LogP contribution in [0, 0.1) is 0 Å². The van der Waals surface area contributed by atoms with E-state index in [0.29, 0.717) is 5.82 Å². The molecule has 0 atom stereocenters. The van der Waals surface area contributed by atoms with Gasteiger partial charge in [0.15, 0.2) is 5.82 Å². The number of rotatable bonds is 4. The monoisotopic (exact) mass is 657 g/mol. The smallest absolute Gasteiger partial charge is 0.160 e. The van der Waals surface area contributed by atoms with Crippen LogP contribution < -0.4 is 0 Å². The van der Waals surface area contributed by atoms with E-state index in [2.05, 4.69) is 148 Å². The van der Waals surface area contributed by atoms with E-state index >= 15 is 0 Å². The fourth-order valence-electron chi connectivity index (χ4n) is 6.40. The SMILES string of the molecule is Brc1cc(-c2cc(-c3ccc4sc5ccccc5c4c3)nc(-c3ccccc3)n2)cc(-n2c3ccccc3c3ccccc32)c1. The van der Waals surface area contributed by atoms with Crippen LogP contribution in [0.25, 0.3) is 81.6 Å². The van der Waals surface area contributed by atoms with E-state index in [4.69, 9.17) is 9.97 Å². The van der Waals surface area contributed by atoms with Gasteiger partial charge >= 0.3 is 0 Å². The number of aromatic nitrogens is 3. The van der Waals surface area contributed by atoms with Crippen molar-refractivity contribution in [3.8, 4) is 39.6 Å². The zero-order valence-corrected chi connectivity index (χ0v) is 26.4. The number of nitrogens with zero attached hydrogens (tertiary/aromatic N) is 3. The van der Waals surface area contributed by atoms with Gasteiger partial charge in [0.25, 0.3) is 0 Å². The maximum Gasteiger partial charge on any atom is 0.160 e. The second kappa shape index (κ2) is 10.5. The average molecular weight is 659 g/mol. The molecule has 0 fully saturated rings. The molecule has 0 radical (unpaired) electrons. The van der Waals surface area contributed by atoms with Crippen LogP contribution in [0.4, 0.5) is 0 Å². The van der Waals surface area contributed by atoms with Gasteiger partial charge in [0.2, 0.25) is 0 Å². The molecule has 6 aromatic carbocycles. The molecule has 0 spiro atoms. The van der Waals surface area contributed by atoms with E-state index in [9.17, 15) is 0 Å². The third-order valence-corrected chi connectivity index (χ3v) is 10.1. The first-order chi connectivity index (χ1) is 22.2. The summed E-state index contributed by atoms with van der Waals surface area (Å²) in [6.45, 7) is 0. The quantitative estimate of drug-likeness (QED) is 0.188. The Kier molecular flexibility index (Phi) is 6.15. The van der Waals surface area contributed by atoms with Crippen molar-refractivity contribution in [1.29, 1.82) is 0 Å². The van der Waals surface area contributed by atoms with E-state index < -0.39 is 0 Å². The minimum atomic E-state index is 0.705. The molecule has 3 heterocycles. The fraction of sp³-hybridized carbons (Fsp3) is 0. The first-order valence-corrected chi connectivity index (χ1v) is 16.5. The Morgan fingerprint density at radius 3 is 1.84 bits per heavy atom. The molecule has 0 unspecified atom stereocenters. The summed E-state index contributed by atoms with van der Waals surface area (Å²) in [6, 6.07) is 51.4. The molecular weight excluding hydrogens is 634 g/mol. The molecule has 0 saturated carbocycles. The Morgan fingerprint density at radius 2 is 1.09 bits per heavy atom. The number of benzene rings is 6. The van der Waals surface area contributed by atoms with Gasteiger partial charge in [-0.15, -0.1) is 11.3 Å². The minimum Gasteiger partial charge on any atom is -0.309 e. The molecule has 5 heteroatoms. The highest BCUT2D eigenvalue weighted by Gasteiger charge is 2.16. The highest BCUT2D eigenvalue weighted by molar-refractivity contribution is 9.10. The summed E-state index contributed by atoms with van der Waals surface area (Å²) in [5.41, 5.74) is 8.27. The van der Waals surface area contributed by atoms with Crippen LogP contribution in [0.1, 0.15) is 0 Å². The summed E-state index contributed by atoms with van der Waals surface area (Å²) in [5.74, 6) is 0.705. The summed E-state index contributed by atoms with van der Waals surface area (Å²) >= 11 is 5.67. The molecule has 9 rings (SSSR count). The highest BCUT2D eigenvalue weighted by atomic mass is 79.9. The molecule has 212 valence electrons. The molecule has 0 aliphatic heterocycles. The van der Waals surface area contributed by atoms with Gasteiger partial charge in [0, 0.05) is 57.8 Å². The second-order valence-corrected chi connectivity index (χ2v) is 13.2. The van der Waals surface area contributed by atoms with Crippen LogP contribution in [0.3, 0.4) is 0 Å². The van der Waals surface area contributed by atoms with Crippen LogP contribution in [0.5, 0.6) is 0 Å². The van der Waals surface area contributed by atoms with Crippen LogP contribution in [-0.4, -0.2) is 14.5 Å². The van der Waals surface area contributed by atoms with Gasteiger partial charge < -0.3 is 4.57 Å². The fourth-order valence-corrected chi connectivity index (χ4v) is 7.96. The molecule has 3 nitrogen and oxygen atoms in total. The molecule has 0 saturated heterocycles. The largest absolute Gasteiger partial charge is 0.309 e. The number of fused-ring (bicyclic) bond motifs is 6. The molecular formula is C40H24BrN3S. The van der Waals surface area contributed by atoms with Crippen molar-refractivity contribution >= 4 is 69.2 Å². The Bertz CT molecular complexity index is 2510. The highest BCUT2D eigenvalue weighted by Crippen LogP contribution is 2.38. The predicted molar refractivity (Wildman–Crippen MR) is 193 cm³/mol. The van der Waals surface area contributed by atoms with Crippen molar-refractivity contribution in [2.75, 3.05) is 0 Å². The van der Waals surface area contributed by atoms with Gasteiger partial charge in [-0.2, -0.15) is 0 Å². The first-order valence-electron chi connectivity index (χ1n) is 14.9. The molecule has 0 bridgehead atoms. The molecule has 0 aliphatic rings. The van der Waals surface area contributed by atoms with Crippen LogP contribution in [-0.2, 0) is 0 Å². The van der Waals surface area contributed by atoms with Gasteiger partial charge in [-0.25, -0.2) is 9.97 Å². The molecule has 0 aliphatic carbocycles. The first kappa shape index (κ1) is 26.3. The second-order valence-electron chi connectivity index (χ2n) is 11.2. The lowest BCUT2D eigenvalue weighted by molar-refractivity contribution is 1.16. The van der Waals surface area contributed by atoms with Crippen LogP contribution in [0.2, 0.25) is 0 Å². The summed E-state index contributed by atoms with van der Waals surface area (Å²) in [5, 5.41) is 5.01. The topological polar surface area (TPSA) is 30.7 Å². The van der Waals surface area contributed by atoms with Crippen LogP contribution in [0.15, 0.2) is 150 Å². The average Bonchev–Trinajstić information content (AvgIpc) is 3.64. The third kappa shape index (κ3) is 4.47. The number of para-hydroxylation sites is 2. The maximum absolute atomic E-state index is 5.15. The number of halogens is 1. The molecule has 45 heavy (non-hydrogen) atoms. The third-order valence-electron chi connectivity index (χ3n) is 8.45. The van der Waals surface area contributed by atoms with Gasteiger partial charge in [-0.05, 0) is 54.6 Å². The van der Waals surface area contributed by atoms with Crippen molar-refractivity contribution in [1.82, 2.24) is 14.5 Å². The van der Waals surface area contributed by atoms with E-state index in [0.717, 1.165) is 38.2 Å². The Morgan fingerprint density at radius 1 is 0.467 bits per heavy atom. The summed E-state index contributed by atoms with van der Waals surface area (Å²) in [4.78, 5) is 10.3. The number of thiophene rings is 1. The van der Waals surface area contributed by atoms with Gasteiger partial charge in [0.05, 0.1) is 22.4 Å². The normalized spacial score (nSPS) is 11.7. The van der Waals surface area contributed by atoms with Gasteiger partial charge in [-0.1, -0.05) is 107 Å². The molecule has 0 amide bonds. The lowest BCUT2D eigenvalue weighted by atomic mass is 10.0. The Labute approximate surface area is 272 Å². The Balaban J connectivity index is 1.26. The van der Waals surface area contributed by atoms with E-state index in [1.54, 1.807) is 0 Å². The van der Waals surface area contributed by atoms with Crippen molar-refractivity contribution < 1.29 is 0 Å². The van der Waals surface area contributed by atoms with Crippen molar-refractivity contribution in [3.63, 3.8) is 0 Å². The lowest BCUT2D eigenvalue weighted by Crippen LogP contribution is -1.98. The zero-order valence-electron chi connectivity index (χ0n) is 24.0. The summed E-state index contributed by atoms with van der Waals surface area (Å²) in [7, 11) is 0.